The molecule has 4 nitrogen and oxygen atoms in total. The Labute approximate surface area is 100 Å². The highest BCUT2D eigenvalue weighted by Gasteiger charge is 2.20. The van der Waals surface area contributed by atoms with E-state index in [4.69, 9.17) is 9.47 Å². The minimum Gasteiger partial charge on any atom is -0.444 e. The number of hydrogen-bond donors (Lipinski definition) is 0. The lowest BCUT2D eigenvalue weighted by atomic mass is 10.2. The quantitative estimate of drug-likeness (QED) is 0.742. The molecule has 0 unspecified atom stereocenters. The summed E-state index contributed by atoms with van der Waals surface area (Å²) in [6.45, 7) is 6.66. The molecule has 0 radical (unpaired) electrons. The van der Waals surface area contributed by atoms with E-state index in [1.54, 1.807) is 14.2 Å². The third-order valence-electron chi connectivity index (χ3n) is 1.52. The zero-order valence-electron chi connectivity index (χ0n) is 10.0. The SMILES string of the molecule is COC[C@H](Br)CN(C)C(=O)OC(C)(C)C. The maximum absolute atomic E-state index is 11.5. The molecule has 0 saturated heterocycles. The highest BCUT2D eigenvalue weighted by atomic mass is 79.9. The number of carbonyl (C=O) groups is 1. The summed E-state index contributed by atoms with van der Waals surface area (Å²) >= 11 is 3.41. The molecule has 0 aliphatic heterocycles. The fourth-order valence-electron chi connectivity index (χ4n) is 0.945. The first-order valence-electron chi connectivity index (χ1n) is 4.83. The summed E-state index contributed by atoms with van der Waals surface area (Å²) in [4.78, 5) is 13.2. The summed E-state index contributed by atoms with van der Waals surface area (Å²) in [5.74, 6) is 0. The van der Waals surface area contributed by atoms with Crippen LogP contribution in [-0.2, 0) is 9.47 Å². The van der Waals surface area contributed by atoms with Crippen LogP contribution in [0.1, 0.15) is 20.8 Å². The fraction of sp³-hybridized carbons (Fsp3) is 0.900. The molecule has 1 atom stereocenters. The molecule has 0 saturated carbocycles. The van der Waals surface area contributed by atoms with E-state index in [0.29, 0.717) is 13.2 Å². The van der Waals surface area contributed by atoms with Gasteiger partial charge in [-0.05, 0) is 20.8 Å². The monoisotopic (exact) mass is 281 g/mol. The van der Waals surface area contributed by atoms with Gasteiger partial charge in [0.05, 0.1) is 11.4 Å². The molecule has 0 N–H and O–H groups in total. The lowest BCUT2D eigenvalue weighted by Gasteiger charge is -2.25. The number of alkyl halides is 1. The van der Waals surface area contributed by atoms with E-state index in [1.165, 1.54) is 4.90 Å². The molecule has 0 aromatic carbocycles. The van der Waals surface area contributed by atoms with Crippen LogP contribution in [0.25, 0.3) is 0 Å². The van der Waals surface area contributed by atoms with Crippen LogP contribution in [0.15, 0.2) is 0 Å². The van der Waals surface area contributed by atoms with Crippen molar-refractivity contribution in [2.24, 2.45) is 0 Å². The average Bonchev–Trinajstić information content (AvgIpc) is 2.00. The van der Waals surface area contributed by atoms with Crippen molar-refractivity contribution < 1.29 is 14.3 Å². The van der Waals surface area contributed by atoms with E-state index in [-0.39, 0.29) is 10.9 Å². The molecule has 5 heteroatoms. The Bertz CT molecular complexity index is 203. The van der Waals surface area contributed by atoms with Crippen molar-refractivity contribution in [1.82, 2.24) is 4.90 Å². The molecule has 0 aromatic rings. The maximum atomic E-state index is 11.5. The van der Waals surface area contributed by atoms with Crippen LogP contribution in [-0.4, -0.2) is 48.7 Å². The molecule has 0 aromatic heterocycles. The average molecular weight is 282 g/mol. The van der Waals surface area contributed by atoms with Gasteiger partial charge in [-0.3, -0.25) is 0 Å². The van der Waals surface area contributed by atoms with Gasteiger partial charge in [0.25, 0.3) is 0 Å². The summed E-state index contributed by atoms with van der Waals surface area (Å²) in [5.41, 5.74) is -0.450. The summed E-state index contributed by atoms with van der Waals surface area (Å²) in [6, 6.07) is 0. The Hall–Kier alpha value is -0.290. The fourth-order valence-corrected chi connectivity index (χ4v) is 1.64. The van der Waals surface area contributed by atoms with Crippen LogP contribution >= 0.6 is 15.9 Å². The zero-order chi connectivity index (χ0) is 12.1. The minimum absolute atomic E-state index is 0.125. The Morgan fingerprint density at radius 1 is 1.47 bits per heavy atom. The third-order valence-corrected chi connectivity index (χ3v) is 2.08. The van der Waals surface area contributed by atoms with E-state index in [0.717, 1.165) is 0 Å². The van der Waals surface area contributed by atoms with Crippen LogP contribution in [0, 0.1) is 0 Å². The van der Waals surface area contributed by atoms with Crippen molar-refractivity contribution in [2.45, 2.75) is 31.2 Å². The Kier molecular flexibility index (Phi) is 6.20. The van der Waals surface area contributed by atoms with E-state index in [9.17, 15) is 4.79 Å². The van der Waals surface area contributed by atoms with Crippen LogP contribution in [0.3, 0.4) is 0 Å². The van der Waals surface area contributed by atoms with Crippen LogP contribution in [0.4, 0.5) is 4.79 Å². The second-order valence-corrected chi connectivity index (χ2v) is 5.71. The predicted molar refractivity (Wildman–Crippen MR) is 63.5 cm³/mol. The summed E-state index contributed by atoms with van der Waals surface area (Å²) < 4.78 is 10.2. The van der Waals surface area contributed by atoms with Gasteiger partial charge in [-0.25, -0.2) is 4.79 Å². The van der Waals surface area contributed by atoms with Crippen molar-refractivity contribution in [3.8, 4) is 0 Å². The highest BCUT2D eigenvalue weighted by Crippen LogP contribution is 2.10. The first kappa shape index (κ1) is 14.7. The van der Waals surface area contributed by atoms with Gasteiger partial charge < -0.3 is 14.4 Å². The van der Waals surface area contributed by atoms with E-state index >= 15 is 0 Å². The van der Waals surface area contributed by atoms with Crippen LogP contribution in [0.2, 0.25) is 0 Å². The smallest absolute Gasteiger partial charge is 0.410 e. The van der Waals surface area contributed by atoms with Crippen LogP contribution < -0.4 is 0 Å². The van der Waals surface area contributed by atoms with Crippen molar-refractivity contribution in [1.29, 1.82) is 0 Å². The number of methoxy groups -OCH3 is 1. The number of halogens is 1. The minimum atomic E-state index is -0.450. The molecule has 90 valence electrons. The molecule has 0 aliphatic carbocycles. The van der Waals surface area contributed by atoms with Crippen molar-refractivity contribution in [3.63, 3.8) is 0 Å². The molecular formula is C10H20BrNO3. The second-order valence-electron chi connectivity index (χ2n) is 4.41. The van der Waals surface area contributed by atoms with Gasteiger partial charge in [-0.15, -0.1) is 0 Å². The van der Waals surface area contributed by atoms with Gasteiger partial charge in [0.1, 0.15) is 5.60 Å². The summed E-state index contributed by atoms with van der Waals surface area (Å²) in [5, 5.41) is 0. The number of carbonyl (C=O) groups excluding carboxylic acids is 1. The van der Waals surface area contributed by atoms with E-state index in [2.05, 4.69) is 15.9 Å². The largest absolute Gasteiger partial charge is 0.444 e. The van der Waals surface area contributed by atoms with Crippen molar-refractivity contribution in [2.75, 3.05) is 27.3 Å². The van der Waals surface area contributed by atoms with Gasteiger partial charge in [0.15, 0.2) is 0 Å². The maximum Gasteiger partial charge on any atom is 0.410 e. The molecule has 0 aliphatic rings. The third kappa shape index (κ3) is 7.62. The Morgan fingerprint density at radius 2 is 2.00 bits per heavy atom. The van der Waals surface area contributed by atoms with E-state index < -0.39 is 5.60 Å². The lowest BCUT2D eigenvalue weighted by Crippen LogP contribution is -2.38. The molecule has 0 fully saturated rings. The first-order valence-corrected chi connectivity index (χ1v) is 5.75. The molecule has 1 amide bonds. The number of ether oxygens (including phenoxy) is 2. The molecule has 0 rings (SSSR count). The second kappa shape index (κ2) is 6.33. The zero-order valence-corrected chi connectivity index (χ0v) is 11.6. The first-order chi connectivity index (χ1) is 6.76. The standard InChI is InChI=1S/C10H20BrNO3/c1-10(2,3)15-9(13)12(4)6-8(11)7-14-5/h8H,6-7H2,1-5H3/t8-/m1/s1. The van der Waals surface area contributed by atoms with Crippen molar-refractivity contribution in [3.05, 3.63) is 0 Å². The molecule has 0 spiro atoms. The molecule has 0 heterocycles. The van der Waals surface area contributed by atoms with E-state index in [1.807, 2.05) is 20.8 Å². The highest BCUT2D eigenvalue weighted by molar-refractivity contribution is 9.09. The molecular weight excluding hydrogens is 262 g/mol. The van der Waals surface area contributed by atoms with Gasteiger partial charge in [-0.1, -0.05) is 15.9 Å². The van der Waals surface area contributed by atoms with Crippen LogP contribution in [0.5, 0.6) is 0 Å². The topological polar surface area (TPSA) is 38.8 Å². The molecule has 0 bridgehead atoms. The molecule has 15 heavy (non-hydrogen) atoms. The Morgan fingerprint density at radius 3 is 2.40 bits per heavy atom. The Balaban J connectivity index is 3.99. The van der Waals surface area contributed by atoms with Gasteiger partial charge >= 0.3 is 6.09 Å². The number of hydrogen-bond acceptors (Lipinski definition) is 3. The van der Waals surface area contributed by atoms with Gasteiger partial charge in [0.2, 0.25) is 0 Å². The number of rotatable bonds is 4. The van der Waals surface area contributed by atoms with Crippen molar-refractivity contribution >= 4 is 22.0 Å². The number of nitrogens with zero attached hydrogens (tertiary/aromatic N) is 1. The normalized spacial score (nSPS) is 13.5. The summed E-state index contributed by atoms with van der Waals surface area (Å²) in [7, 11) is 3.33. The lowest BCUT2D eigenvalue weighted by molar-refractivity contribution is 0.0291. The van der Waals surface area contributed by atoms with Gasteiger partial charge in [-0.2, -0.15) is 0 Å². The summed E-state index contributed by atoms with van der Waals surface area (Å²) in [6.07, 6.45) is -0.317. The number of amides is 1. The predicted octanol–water partition coefficient (Wildman–Crippen LogP) is 2.26. The van der Waals surface area contributed by atoms with Gasteiger partial charge in [0, 0.05) is 20.7 Å².